The van der Waals surface area contributed by atoms with Crippen LogP contribution >= 0.6 is 0 Å². The number of nitrogens with zero attached hydrogens (tertiary/aromatic N) is 1. The van der Waals surface area contributed by atoms with E-state index < -0.39 is 18.3 Å². The summed E-state index contributed by atoms with van der Waals surface area (Å²) in [6.07, 6.45) is -3.45. The second-order valence-electron chi connectivity index (χ2n) is 1.87. The van der Waals surface area contributed by atoms with E-state index in [-0.39, 0.29) is 11.5 Å². The Morgan fingerprint density at radius 3 is 2.44 bits per heavy atom. The summed E-state index contributed by atoms with van der Waals surface area (Å²) in [4.78, 5) is 10.3. The van der Waals surface area contributed by atoms with Crippen molar-refractivity contribution in [3.8, 4) is 0 Å². The van der Waals surface area contributed by atoms with Crippen molar-refractivity contribution < 1.29 is 19.5 Å². The van der Waals surface area contributed by atoms with Gasteiger partial charge in [0, 0.05) is 6.42 Å². The average molecular weight is 135 g/mol. The molecule has 2 unspecified atom stereocenters. The predicted octanol–water partition coefficient (Wildman–Crippen LogP) is -0.736. The number of carbonyl (C=O) groups is 1. The van der Waals surface area contributed by atoms with E-state index in [9.17, 15) is 9.18 Å². The first-order valence-corrected chi connectivity index (χ1v) is 2.47. The van der Waals surface area contributed by atoms with Crippen molar-refractivity contribution in [2.75, 3.05) is 0 Å². The average Bonchev–Trinajstić information content (AvgIpc) is 1.98. The molecule has 0 aromatic heterocycles. The van der Waals surface area contributed by atoms with Gasteiger partial charge in [0.1, 0.15) is 0 Å². The van der Waals surface area contributed by atoms with Gasteiger partial charge in [-0.1, -0.05) is 0 Å². The Morgan fingerprint density at radius 2 is 2.33 bits per heavy atom. The molecule has 0 bridgehead atoms. The predicted molar refractivity (Wildman–Crippen MR) is 24.2 cm³/mol. The van der Waals surface area contributed by atoms with E-state index in [1.165, 1.54) is 0 Å². The summed E-state index contributed by atoms with van der Waals surface area (Å²) in [5, 5.41) is 17.0. The number of rotatable bonds is 0. The van der Waals surface area contributed by atoms with Crippen LogP contribution in [0.15, 0.2) is 0 Å². The highest BCUT2D eigenvalue weighted by Crippen LogP contribution is 2.16. The molecule has 5 heteroatoms. The number of aliphatic hydroxyl groups excluding tert-OH is 1. The number of halogens is 1. The number of carbonyl (C=O) groups excluding carboxylic acids is 1. The third-order valence-corrected chi connectivity index (χ3v) is 1.19. The van der Waals surface area contributed by atoms with Gasteiger partial charge in [-0.2, -0.15) is 5.06 Å². The Labute approximate surface area is 50.5 Å². The molecule has 0 aromatic carbocycles. The highest BCUT2D eigenvalue weighted by molar-refractivity contribution is 5.81. The zero-order valence-electron chi connectivity index (χ0n) is 4.49. The van der Waals surface area contributed by atoms with Gasteiger partial charge in [-0.05, 0) is 0 Å². The minimum absolute atomic E-state index is 0.00463. The first-order chi connectivity index (χ1) is 4.13. The van der Waals surface area contributed by atoms with Gasteiger partial charge in [0.25, 0.3) is 5.91 Å². The third-order valence-electron chi connectivity index (χ3n) is 1.19. The maximum atomic E-state index is 12.1. The molecular formula is C4H6FNO3. The zero-order chi connectivity index (χ0) is 7.02. The number of aliphatic hydroxyl groups is 1. The van der Waals surface area contributed by atoms with Crippen LogP contribution in [0.5, 0.6) is 0 Å². The molecule has 1 fully saturated rings. The molecule has 52 valence electrons. The van der Waals surface area contributed by atoms with Crippen molar-refractivity contribution in [3.05, 3.63) is 0 Å². The molecule has 1 rings (SSSR count). The van der Waals surface area contributed by atoms with Crippen LogP contribution in [-0.4, -0.2) is 33.7 Å². The monoisotopic (exact) mass is 135 g/mol. The van der Waals surface area contributed by atoms with E-state index in [0.29, 0.717) is 0 Å². The second kappa shape index (κ2) is 1.93. The fourth-order valence-corrected chi connectivity index (χ4v) is 0.676. The minimum atomic E-state index is -1.75. The Hall–Kier alpha value is -0.680. The van der Waals surface area contributed by atoms with Gasteiger partial charge in [0.2, 0.25) is 0 Å². The van der Waals surface area contributed by atoms with Gasteiger partial charge in [-0.25, -0.2) is 4.39 Å². The van der Waals surface area contributed by atoms with Gasteiger partial charge in [-0.3, -0.25) is 10.0 Å². The van der Waals surface area contributed by atoms with Gasteiger partial charge in [-0.15, -0.1) is 0 Å². The molecule has 1 aliphatic heterocycles. The number of hydrogen-bond acceptors (Lipinski definition) is 3. The van der Waals surface area contributed by atoms with Crippen molar-refractivity contribution in [2.45, 2.75) is 18.8 Å². The molecule has 0 saturated carbocycles. The number of amides is 1. The first kappa shape index (κ1) is 6.44. The van der Waals surface area contributed by atoms with Crippen LogP contribution in [-0.2, 0) is 4.79 Å². The molecule has 4 nitrogen and oxygen atoms in total. The molecular weight excluding hydrogens is 129 g/mol. The quantitative estimate of drug-likeness (QED) is 0.430. The Balaban J connectivity index is 2.65. The van der Waals surface area contributed by atoms with E-state index in [4.69, 9.17) is 10.3 Å². The van der Waals surface area contributed by atoms with Crippen LogP contribution < -0.4 is 0 Å². The third kappa shape index (κ3) is 0.883. The molecule has 2 N–H and O–H groups in total. The summed E-state index contributed by atoms with van der Waals surface area (Å²) in [7, 11) is 0. The van der Waals surface area contributed by atoms with Crippen LogP contribution in [0.3, 0.4) is 0 Å². The van der Waals surface area contributed by atoms with E-state index >= 15 is 0 Å². The molecule has 0 spiro atoms. The van der Waals surface area contributed by atoms with Crippen LogP contribution in [0, 0.1) is 0 Å². The maximum Gasteiger partial charge on any atom is 0.283 e. The summed E-state index contributed by atoms with van der Waals surface area (Å²) >= 11 is 0. The number of hydroxylamine groups is 2. The fourth-order valence-electron chi connectivity index (χ4n) is 0.676. The molecule has 1 heterocycles. The molecule has 1 amide bonds. The SMILES string of the molecule is O=C1C(F)CC(O)N1O. The molecule has 0 radical (unpaired) electrons. The highest BCUT2D eigenvalue weighted by Gasteiger charge is 2.37. The lowest BCUT2D eigenvalue weighted by Gasteiger charge is -2.08. The van der Waals surface area contributed by atoms with E-state index in [1.807, 2.05) is 0 Å². The summed E-state index contributed by atoms with van der Waals surface area (Å²) in [5.41, 5.74) is 0. The minimum Gasteiger partial charge on any atom is -0.371 e. The van der Waals surface area contributed by atoms with Crippen LogP contribution in [0.2, 0.25) is 0 Å². The van der Waals surface area contributed by atoms with Crippen molar-refractivity contribution in [1.29, 1.82) is 0 Å². The summed E-state index contributed by atoms with van der Waals surface area (Å²) in [6.45, 7) is 0. The van der Waals surface area contributed by atoms with E-state index in [0.717, 1.165) is 0 Å². The molecule has 0 aliphatic carbocycles. The normalized spacial score (nSPS) is 35.9. The summed E-state index contributed by atoms with van der Waals surface area (Å²) in [6, 6.07) is 0. The Morgan fingerprint density at radius 1 is 1.78 bits per heavy atom. The van der Waals surface area contributed by atoms with Crippen LogP contribution in [0.1, 0.15) is 6.42 Å². The molecule has 9 heavy (non-hydrogen) atoms. The molecule has 2 atom stereocenters. The molecule has 0 aromatic rings. The number of alkyl halides is 1. The maximum absolute atomic E-state index is 12.1. The van der Waals surface area contributed by atoms with Gasteiger partial charge in [0.05, 0.1) is 0 Å². The fraction of sp³-hybridized carbons (Fsp3) is 0.750. The number of hydrogen-bond donors (Lipinski definition) is 2. The highest BCUT2D eigenvalue weighted by atomic mass is 19.1. The van der Waals surface area contributed by atoms with E-state index in [2.05, 4.69) is 0 Å². The van der Waals surface area contributed by atoms with E-state index in [1.54, 1.807) is 0 Å². The van der Waals surface area contributed by atoms with Crippen molar-refractivity contribution in [3.63, 3.8) is 0 Å². The lowest BCUT2D eigenvalue weighted by molar-refractivity contribution is -0.190. The Kier molecular flexibility index (Phi) is 1.38. The summed E-state index contributed by atoms with van der Waals surface area (Å²) in [5.74, 6) is -1.07. The zero-order valence-corrected chi connectivity index (χ0v) is 4.49. The standard InChI is InChI=1S/C4H6FNO3/c5-2-1-3(7)6(9)4(2)8/h2-3,7,9H,1H2. The topological polar surface area (TPSA) is 60.8 Å². The Bertz CT molecular complexity index is 140. The lowest BCUT2D eigenvalue weighted by Crippen LogP contribution is -2.30. The molecule has 1 saturated heterocycles. The van der Waals surface area contributed by atoms with Crippen LogP contribution in [0.25, 0.3) is 0 Å². The van der Waals surface area contributed by atoms with Gasteiger partial charge < -0.3 is 5.11 Å². The second-order valence-corrected chi connectivity index (χ2v) is 1.87. The van der Waals surface area contributed by atoms with Crippen molar-refractivity contribution in [2.24, 2.45) is 0 Å². The lowest BCUT2D eigenvalue weighted by atomic mass is 10.3. The van der Waals surface area contributed by atoms with Crippen molar-refractivity contribution >= 4 is 5.91 Å². The first-order valence-electron chi connectivity index (χ1n) is 2.47. The van der Waals surface area contributed by atoms with Crippen LogP contribution in [0.4, 0.5) is 4.39 Å². The summed E-state index contributed by atoms with van der Waals surface area (Å²) < 4.78 is 12.1. The smallest absolute Gasteiger partial charge is 0.283 e. The van der Waals surface area contributed by atoms with Crippen molar-refractivity contribution in [1.82, 2.24) is 5.06 Å². The van der Waals surface area contributed by atoms with Gasteiger partial charge in [0.15, 0.2) is 12.4 Å². The van der Waals surface area contributed by atoms with Gasteiger partial charge >= 0.3 is 0 Å². The largest absolute Gasteiger partial charge is 0.371 e. The molecule has 1 aliphatic rings.